The molecule has 0 aromatic carbocycles. The highest BCUT2D eigenvalue weighted by Gasteiger charge is 2.14. The fourth-order valence-corrected chi connectivity index (χ4v) is 2.29. The highest BCUT2D eigenvalue weighted by Crippen LogP contribution is 2.14. The molecule has 1 rings (SSSR count). The van der Waals surface area contributed by atoms with Crippen molar-refractivity contribution in [2.24, 2.45) is 0 Å². The van der Waals surface area contributed by atoms with Crippen LogP contribution in [0.5, 0.6) is 0 Å². The topological polar surface area (TPSA) is 87.7 Å². The summed E-state index contributed by atoms with van der Waals surface area (Å²) in [6, 6.07) is -0.205. The largest absolute Gasteiger partial charge is 0.481 e. The Kier molecular flexibility index (Phi) is 8.02. The molecule has 116 valence electrons. The summed E-state index contributed by atoms with van der Waals surface area (Å²) in [6.07, 6.45) is 5.94. The molecule has 6 heteroatoms. The summed E-state index contributed by atoms with van der Waals surface area (Å²) in [4.78, 5) is 22.0. The number of urea groups is 1. The minimum atomic E-state index is -0.797. The van der Waals surface area contributed by atoms with Crippen molar-refractivity contribution in [1.82, 2.24) is 10.6 Å². The lowest BCUT2D eigenvalue weighted by Crippen LogP contribution is -2.41. The zero-order chi connectivity index (χ0) is 14.8. The van der Waals surface area contributed by atoms with Crippen molar-refractivity contribution in [3.63, 3.8) is 0 Å². The molecule has 20 heavy (non-hydrogen) atoms. The molecule has 1 aliphatic rings. The van der Waals surface area contributed by atoms with Crippen LogP contribution < -0.4 is 10.6 Å². The number of carboxylic acids is 1. The fourth-order valence-electron chi connectivity index (χ4n) is 2.29. The predicted octanol–water partition coefficient (Wildman–Crippen LogP) is 1.89. The van der Waals surface area contributed by atoms with Crippen molar-refractivity contribution in [2.75, 3.05) is 13.2 Å². The third-order valence-electron chi connectivity index (χ3n) is 3.43. The molecule has 0 spiro atoms. The van der Waals surface area contributed by atoms with Crippen LogP contribution in [0.15, 0.2) is 0 Å². The number of carbonyl (C=O) groups excluding carboxylic acids is 1. The molecule has 1 aliphatic heterocycles. The van der Waals surface area contributed by atoms with Crippen LogP contribution in [0.4, 0.5) is 4.79 Å². The molecule has 0 aliphatic carbocycles. The van der Waals surface area contributed by atoms with Gasteiger partial charge in [0.2, 0.25) is 0 Å². The number of amides is 2. The summed E-state index contributed by atoms with van der Waals surface area (Å²) in [5.41, 5.74) is 0. The molecule has 2 atom stereocenters. The highest BCUT2D eigenvalue weighted by molar-refractivity contribution is 5.74. The molecule has 1 saturated heterocycles. The first kappa shape index (κ1) is 16.8. The Balaban J connectivity index is 2.02. The molecule has 2 unspecified atom stereocenters. The quantitative estimate of drug-likeness (QED) is 0.636. The highest BCUT2D eigenvalue weighted by atomic mass is 16.5. The lowest BCUT2D eigenvalue weighted by Gasteiger charge is -2.22. The van der Waals surface area contributed by atoms with E-state index in [0.717, 1.165) is 25.9 Å². The van der Waals surface area contributed by atoms with Crippen molar-refractivity contribution >= 4 is 12.0 Å². The third-order valence-corrected chi connectivity index (χ3v) is 3.43. The van der Waals surface area contributed by atoms with Gasteiger partial charge in [0, 0.05) is 25.6 Å². The fraction of sp³-hybridized carbons (Fsp3) is 0.857. The normalized spacial score (nSPS) is 20.1. The molecule has 1 heterocycles. The lowest BCUT2D eigenvalue weighted by molar-refractivity contribution is -0.137. The number of carbonyl (C=O) groups is 2. The smallest absolute Gasteiger partial charge is 0.314 e. The number of ether oxygens (including phenoxy) is 1. The van der Waals surface area contributed by atoms with Gasteiger partial charge in [-0.1, -0.05) is 0 Å². The first-order chi connectivity index (χ1) is 9.58. The van der Waals surface area contributed by atoms with E-state index in [1.165, 1.54) is 6.42 Å². The molecule has 0 aromatic heterocycles. The van der Waals surface area contributed by atoms with E-state index in [-0.39, 0.29) is 24.6 Å². The number of rotatable bonds is 8. The Bertz CT molecular complexity index is 304. The van der Waals surface area contributed by atoms with Crippen LogP contribution in [0.3, 0.4) is 0 Å². The molecule has 6 nitrogen and oxygen atoms in total. The summed E-state index contributed by atoms with van der Waals surface area (Å²) in [5.74, 6) is -0.797. The molecule has 3 N–H and O–H groups in total. The zero-order valence-electron chi connectivity index (χ0n) is 12.2. The van der Waals surface area contributed by atoms with Crippen LogP contribution in [0.25, 0.3) is 0 Å². The van der Waals surface area contributed by atoms with Crippen LogP contribution in [0.2, 0.25) is 0 Å². The second-order valence-corrected chi connectivity index (χ2v) is 5.36. The van der Waals surface area contributed by atoms with Gasteiger partial charge in [0.15, 0.2) is 0 Å². The molecule has 0 aromatic rings. The Hall–Kier alpha value is -1.30. The second-order valence-electron chi connectivity index (χ2n) is 5.36. The van der Waals surface area contributed by atoms with E-state index in [0.29, 0.717) is 19.4 Å². The lowest BCUT2D eigenvalue weighted by atomic mass is 10.1. The predicted molar refractivity (Wildman–Crippen MR) is 75.7 cm³/mol. The Morgan fingerprint density at radius 1 is 1.40 bits per heavy atom. The molecule has 0 saturated carbocycles. The maximum Gasteiger partial charge on any atom is 0.314 e. The van der Waals surface area contributed by atoms with Crippen molar-refractivity contribution in [2.45, 2.75) is 64.0 Å². The summed E-state index contributed by atoms with van der Waals surface area (Å²) < 4.78 is 5.59. The first-order valence-electron chi connectivity index (χ1n) is 7.45. The number of aliphatic carboxylic acids is 1. The number of hydrogen-bond donors (Lipinski definition) is 3. The van der Waals surface area contributed by atoms with Crippen molar-refractivity contribution in [3.05, 3.63) is 0 Å². The van der Waals surface area contributed by atoms with E-state index in [2.05, 4.69) is 10.6 Å². The average Bonchev–Trinajstić information content (AvgIpc) is 2.39. The van der Waals surface area contributed by atoms with Gasteiger partial charge in [-0.15, -0.1) is 0 Å². The summed E-state index contributed by atoms with van der Waals surface area (Å²) in [7, 11) is 0. The van der Waals surface area contributed by atoms with Gasteiger partial charge in [-0.25, -0.2) is 4.79 Å². The van der Waals surface area contributed by atoms with E-state index < -0.39 is 5.97 Å². The van der Waals surface area contributed by atoms with Gasteiger partial charge in [0.05, 0.1) is 6.10 Å². The van der Waals surface area contributed by atoms with Gasteiger partial charge in [-0.3, -0.25) is 4.79 Å². The van der Waals surface area contributed by atoms with Crippen LogP contribution in [-0.4, -0.2) is 42.4 Å². The molecule has 1 fully saturated rings. The molecular formula is C14H26N2O4. The standard InChI is InChI=1S/C14H26N2O4/c1-11(5-4-7-13(17)18)16-14(19)15-9-8-12-6-2-3-10-20-12/h11-12H,2-10H2,1H3,(H,17,18)(H2,15,16,19). The van der Waals surface area contributed by atoms with E-state index in [4.69, 9.17) is 9.84 Å². The maximum atomic E-state index is 11.6. The molecule has 0 radical (unpaired) electrons. The van der Waals surface area contributed by atoms with Crippen LogP contribution >= 0.6 is 0 Å². The minimum Gasteiger partial charge on any atom is -0.481 e. The van der Waals surface area contributed by atoms with Crippen LogP contribution in [0.1, 0.15) is 51.9 Å². The molecule has 0 bridgehead atoms. The molecule has 2 amide bonds. The SMILES string of the molecule is CC(CCCC(=O)O)NC(=O)NCCC1CCCCO1. The van der Waals surface area contributed by atoms with Gasteiger partial charge in [0.25, 0.3) is 0 Å². The Labute approximate surface area is 120 Å². The summed E-state index contributed by atoms with van der Waals surface area (Å²) in [6.45, 7) is 3.32. The minimum absolute atomic E-state index is 0.0136. The summed E-state index contributed by atoms with van der Waals surface area (Å²) >= 11 is 0. The van der Waals surface area contributed by atoms with Gasteiger partial charge >= 0.3 is 12.0 Å². The van der Waals surface area contributed by atoms with Crippen LogP contribution in [0, 0.1) is 0 Å². The van der Waals surface area contributed by atoms with E-state index >= 15 is 0 Å². The Morgan fingerprint density at radius 2 is 2.20 bits per heavy atom. The zero-order valence-corrected chi connectivity index (χ0v) is 12.2. The molecular weight excluding hydrogens is 260 g/mol. The monoisotopic (exact) mass is 286 g/mol. The van der Waals surface area contributed by atoms with Crippen molar-refractivity contribution < 1.29 is 19.4 Å². The number of carboxylic acid groups (broad SMARTS) is 1. The van der Waals surface area contributed by atoms with E-state index in [1.807, 2.05) is 6.92 Å². The number of hydrogen-bond acceptors (Lipinski definition) is 3. The van der Waals surface area contributed by atoms with E-state index in [9.17, 15) is 9.59 Å². The number of nitrogens with one attached hydrogen (secondary N) is 2. The van der Waals surface area contributed by atoms with Gasteiger partial charge in [-0.2, -0.15) is 0 Å². The van der Waals surface area contributed by atoms with Crippen molar-refractivity contribution in [3.8, 4) is 0 Å². The van der Waals surface area contributed by atoms with Gasteiger partial charge in [0.1, 0.15) is 0 Å². The van der Waals surface area contributed by atoms with Crippen LogP contribution in [-0.2, 0) is 9.53 Å². The van der Waals surface area contributed by atoms with E-state index in [1.54, 1.807) is 0 Å². The summed E-state index contributed by atoms with van der Waals surface area (Å²) in [5, 5.41) is 14.2. The van der Waals surface area contributed by atoms with Gasteiger partial charge in [-0.05, 0) is 45.4 Å². The van der Waals surface area contributed by atoms with Crippen molar-refractivity contribution in [1.29, 1.82) is 0 Å². The maximum absolute atomic E-state index is 11.6. The van der Waals surface area contributed by atoms with Gasteiger partial charge < -0.3 is 20.5 Å². The Morgan fingerprint density at radius 3 is 2.85 bits per heavy atom. The second kappa shape index (κ2) is 9.58. The average molecular weight is 286 g/mol. The first-order valence-corrected chi connectivity index (χ1v) is 7.45. The third kappa shape index (κ3) is 7.99.